The Morgan fingerprint density at radius 1 is 1.21 bits per heavy atom. The molecule has 1 fully saturated rings. The van der Waals surface area contributed by atoms with Gasteiger partial charge in [-0.25, -0.2) is 9.50 Å². The molecule has 1 atom stereocenters. The van der Waals surface area contributed by atoms with Crippen LogP contribution in [0.3, 0.4) is 0 Å². The molecule has 2 N–H and O–H groups in total. The number of alkyl halides is 3. The van der Waals surface area contributed by atoms with Gasteiger partial charge in [0.25, 0.3) is 0 Å². The van der Waals surface area contributed by atoms with Crippen molar-refractivity contribution in [3.05, 3.63) is 42.1 Å². The molecule has 0 saturated carbocycles. The van der Waals surface area contributed by atoms with Crippen LogP contribution in [0.25, 0.3) is 16.9 Å². The van der Waals surface area contributed by atoms with Crippen molar-refractivity contribution in [1.29, 1.82) is 0 Å². The van der Waals surface area contributed by atoms with Gasteiger partial charge in [0.05, 0.1) is 35.8 Å². The fourth-order valence-electron chi connectivity index (χ4n) is 3.86. The van der Waals surface area contributed by atoms with Crippen molar-refractivity contribution in [2.24, 2.45) is 5.41 Å². The van der Waals surface area contributed by atoms with E-state index in [1.807, 2.05) is 11.0 Å². The van der Waals surface area contributed by atoms with Gasteiger partial charge in [-0.15, -0.1) is 5.10 Å². The van der Waals surface area contributed by atoms with E-state index in [1.54, 1.807) is 37.5 Å². The molecule has 1 aliphatic heterocycles. The fourth-order valence-corrected chi connectivity index (χ4v) is 3.86. The molecule has 0 unspecified atom stereocenters. The number of imidazole rings is 1. The van der Waals surface area contributed by atoms with Gasteiger partial charge in [0, 0.05) is 17.5 Å². The Labute approximate surface area is 189 Å². The molecule has 0 aliphatic carbocycles. The van der Waals surface area contributed by atoms with Crippen LogP contribution in [0.4, 0.5) is 24.7 Å². The summed E-state index contributed by atoms with van der Waals surface area (Å²) in [6, 6.07) is 7.19. The molecule has 1 amide bonds. The van der Waals surface area contributed by atoms with E-state index in [0.717, 1.165) is 25.5 Å². The van der Waals surface area contributed by atoms with Crippen LogP contribution in [0.2, 0.25) is 0 Å². The van der Waals surface area contributed by atoms with Crippen LogP contribution in [0.15, 0.2) is 36.5 Å². The first-order valence-corrected chi connectivity index (χ1v) is 10.7. The summed E-state index contributed by atoms with van der Waals surface area (Å²) in [6.07, 6.45) is -1.12. The van der Waals surface area contributed by atoms with Crippen LogP contribution in [-0.4, -0.2) is 44.8 Å². The monoisotopic (exact) mass is 461 g/mol. The molecule has 2 aromatic heterocycles. The minimum Gasteiger partial charge on any atom is -0.394 e. The smallest absolute Gasteiger partial charge is 0.394 e. The van der Waals surface area contributed by atoms with Crippen molar-refractivity contribution in [3.8, 4) is 11.3 Å². The van der Waals surface area contributed by atoms with E-state index in [9.17, 15) is 23.1 Å². The van der Waals surface area contributed by atoms with E-state index in [4.69, 9.17) is 0 Å². The average Bonchev–Trinajstić information content (AvgIpc) is 3.38. The first kappa shape index (κ1) is 23.0. The maximum Gasteiger partial charge on any atom is 0.418 e. The zero-order valence-electron chi connectivity index (χ0n) is 18.6. The predicted molar refractivity (Wildman–Crippen MR) is 119 cm³/mol. The third kappa shape index (κ3) is 4.66. The molecule has 0 bridgehead atoms. The number of nitrogens with one attached hydrogen (secondary N) is 1. The molecule has 3 heterocycles. The van der Waals surface area contributed by atoms with Gasteiger partial charge in [-0.2, -0.15) is 13.2 Å². The summed E-state index contributed by atoms with van der Waals surface area (Å²) in [6.45, 7) is 5.73. The van der Waals surface area contributed by atoms with Crippen LogP contribution in [-0.2, 0) is 11.0 Å². The maximum atomic E-state index is 13.5. The van der Waals surface area contributed by atoms with E-state index in [1.165, 1.54) is 12.1 Å². The number of amides is 1. The summed E-state index contributed by atoms with van der Waals surface area (Å²) in [5.74, 6) is 0.184. The summed E-state index contributed by atoms with van der Waals surface area (Å²) in [7, 11) is 0. The molecule has 33 heavy (non-hydrogen) atoms. The molecule has 3 aromatic rings. The Morgan fingerprint density at radius 2 is 1.97 bits per heavy atom. The van der Waals surface area contributed by atoms with Gasteiger partial charge < -0.3 is 15.3 Å². The zero-order valence-corrected chi connectivity index (χ0v) is 18.6. The SMILES string of the molecule is CC(C)(C)C(=O)Nc1cc(-c2cn3nc(N4CCC[C@@H]4CO)ccc3n2)ccc1C(F)(F)F. The van der Waals surface area contributed by atoms with Gasteiger partial charge in [0.15, 0.2) is 5.65 Å². The van der Waals surface area contributed by atoms with Gasteiger partial charge in [0.1, 0.15) is 5.82 Å². The number of aliphatic hydroxyl groups is 1. The van der Waals surface area contributed by atoms with Crippen molar-refractivity contribution in [3.63, 3.8) is 0 Å². The van der Waals surface area contributed by atoms with Crippen LogP contribution in [0.1, 0.15) is 39.2 Å². The van der Waals surface area contributed by atoms with E-state index in [-0.39, 0.29) is 18.3 Å². The quantitative estimate of drug-likeness (QED) is 0.603. The highest BCUT2D eigenvalue weighted by Gasteiger charge is 2.35. The van der Waals surface area contributed by atoms with Crippen molar-refractivity contribution in [2.75, 3.05) is 23.4 Å². The number of benzene rings is 1. The lowest BCUT2D eigenvalue weighted by Gasteiger charge is -2.23. The molecule has 10 heteroatoms. The number of fused-ring (bicyclic) bond motifs is 1. The second-order valence-corrected chi connectivity index (χ2v) is 9.25. The number of rotatable bonds is 4. The number of hydrogen-bond donors (Lipinski definition) is 2. The Hall–Kier alpha value is -3.14. The number of aliphatic hydroxyl groups excluding tert-OH is 1. The zero-order chi connectivity index (χ0) is 24.0. The van der Waals surface area contributed by atoms with Gasteiger partial charge >= 0.3 is 6.18 Å². The lowest BCUT2D eigenvalue weighted by atomic mass is 9.95. The fraction of sp³-hybridized carbons (Fsp3) is 0.435. The van der Waals surface area contributed by atoms with Crippen molar-refractivity contribution in [2.45, 2.75) is 45.8 Å². The minimum absolute atomic E-state index is 0.0156. The highest BCUT2D eigenvalue weighted by Crippen LogP contribution is 2.38. The molecule has 176 valence electrons. The Kier molecular flexibility index (Phi) is 5.81. The van der Waals surface area contributed by atoms with Crippen molar-refractivity contribution >= 4 is 23.1 Å². The predicted octanol–water partition coefficient (Wildman–Crippen LogP) is 4.36. The minimum atomic E-state index is -4.62. The standard InChI is InChI=1S/C23H26F3N5O2/c1-22(2,3)21(33)28-17-11-14(6-7-16(17)23(24,25)26)18-12-31-19(27-18)8-9-20(29-31)30-10-4-5-15(30)13-32/h6-9,11-12,15,32H,4-5,10,13H2,1-3H3,(H,28,33)/t15-/m1/s1. The molecule has 4 rings (SSSR count). The van der Waals surface area contributed by atoms with Crippen LogP contribution >= 0.6 is 0 Å². The third-order valence-electron chi connectivity index (χ3n) is 5.74. The topological polar surface area (TPSA) is 82.8 Å². The van der Waals surface area contributed by atoms with Gasteiger partial charge in [0.2, 0.25) is 5.91 Å². The number of aromatic nitrogens is 3. The largest absolute Gasteiger partial charge is 0.418 e. The maximum absolute atomic E-state index is 13.5. The lowest BCUT2D eigenvalue weighted by molar-refractivity contribution is -0.137. The number of nitrogens with zero attached hydrogens (tertiary/aromatic N) is 4. The molecule has 7 nitrogen and oxygen atoms in total. The van der Waals surface area contributed by atoms with Gasteiger partial charge in [-0.05, 0) is 37.1 Å². The van der Waals surface area contributed by atoms with Crippen LogP contribution in [0.5, 0.6) is 0 Å². The molecule has 1 aromatic carbocycles. The van der Waals surface area contributed by atoms with E-state index in [2.05, 4.69) is 15.4 Å². The Morgan fingerprint density at radius 3 is 2.64 bits per heavy atom. The second kappa shape index (κ2) is 8.33. The lowest BCUT2D eigenvalue weighted by Crippen LogP contribution is -2.33. The molecule has 0 spiro atoms. The number of carbonyl (C=O) groups excluding carboxylic acids is 1. The van der Waals surface area contributed by atoms with Crippen molar-refractivity contribution < 1.29 is 23.1 Å². The van der Waals surface area contributed by atoms with E-state index in [0.29, 0.717) is 22.7 Å². The number of halogens is 3. The normalized spacial score (nSPS) is 17.1. The summed E-state index contributed by atoms with van der Waals surface area (Å²) in [5, 5.41) is 16.6. The molecule has 0 radical (unpaired) electrons. The molecule has 1 saturated heterocycles. The highest BCUT2D eigenvalue weighted by molar-refractivity contribution is 5.96. The Balaban J connectivity index is 1.71. The molecular formula is C23H26F3N5O2. The Bertz CT molecular complexity index is 1180. The second-order valence-electron chi connectivity index (χ2n) is 9.25. The van der Waals surface area contributed by atoms with E-state index >= 15 is 0 Å². The number of carbonyl (C=O) groups is 1. The van der Waals surface area contributed by atoms with Crippen LogP contribution < -0.4 is 10.2 Å². The number of hydrogen-bond acceptors (Lipinski definition) is 5. The molecule has 1 aliphatic rings. The third-order valence-corrected chi connectivity index (χ3v) is 5.74. The first-order chi connectivity index (χ1) is 15.5. The summed E-state index contributed by atoms with van der Waals surface area (Å²) < 4.78 is 42.2. The van der Waals surface area contributed by atoms with Crippen LogP contribution in [0, 0.1) is 5.41 Å². The molecular weight excluding hydrogens is 435 g/mol. The van der Waals surface area contributed by atoms with E-state index < -0.39 is 23.1 Å². The summed E-state index contributed by atoms with van der Waals surface area (Å²) in [5.41, 5.74) is -0.697. The van der Waals surface area contributed by atoms with Crippen molar-refractivity contribution in [1.82, 2.24) is 14.6 Å². The first-order valence-electron chi connectivity index (χ1n) is 10.7. The summed E-state index contributed by atoms with van der Waals surface area (Å²) in [4.78, 5) is 18.9. The average molecular weight is 461 g/mol. The number of anilines is 2. The van der Waals surface area contributed by atoms with Gasteiger partial charge in [-0.1, -0.05) is 26.8 Å². The highest BCUT2D eigenvalue weighted by atomic mass is 19.4. The summed E-state index contributed by atoms with van der Waals surface area (Å²) >= 11 is 0. The van der Waals surface area contributed by atoms with Gasteiger partial charge in [-0.3, -0.25) is 4.79 Å².